The predicted molar refractivity (Wildman–Crippen MR) is 32.0 cm³/mol. The summed E-state index contributed by atoms with van der Waals surface area (Å²) in [5, 5.41) is 7.11. The highest BCUT2D eigenvalue weighted by Gasteiger charge is 1.87. The Bertz CT molecular complexity index is 243. The van der Waals surface area contributed by atoms with Gasteiger partial charge in [-0.15, -0.1) is 0 Å². The van der Waals surface area contributed by atoms with Gasteiger partial charge in [-0.1, -0.05) is 5.11 Å². The van der Waals surface area contributed by atoms with Gasteiger partial charge in [0.05, 0.1) is 11.9 Å². The van der Waals surface area contributed by atoms with E-state index in [-0.39, 0.29) is 0 Å². The van der Waals surface area contributed by atoms with E-state index in [1.54, 1.807) is 17.9 Å². The van der Waals surface area contributed by atoms with Gasteiger partial charge in [0.2, 0.25) is 0 Å². The molecule has 1 aromatic rings. The molecule has 0 unspecified atom stereocenters. The lowest BCUT2D eigenvalue weighted by Gasteiger charge is -1.78. The molecule has 0 saturated carbocycles. The number of aryl methyl sites for hydroxylation is 1. The van der Waals surface area contributed by atoms with Crippen molar-refractivity contribution in [3.05, 3.63) is 22.8 Å². The van der Waals surface area contributed by atoms with E-state index in [1.807, 2.05) is 0 Å². The van der Waals surface area contributed by atoms with E-state index in [9.17, 15) is 0 Å². The van der Waals surface area contributed by atoms with Crippen LogP contribution in [0.3, 0.4) is 0 Å². The highest BCUT2D eigenvalue weighted by molar-refractivity contribution is 5.29. The van der Waals surface area contributed by atoms with E-state index in [0.717, 1.165) is 0 Å². The van der Waals surface area contributed by atoms with Crippen LogP contribution in [0.15, 0.2) is 17.5 Å². The number of nitrogens with zero attached hydrogens (tertiary/aromatic N) is 5. The van der Waals surface area contributed by atoms with Crippen molar-refractivity contribution in [3.8, 4) is 0 Å². The summed E-state index contributed by atoms with van der Waals surface area (Å²) in [5.74, 6) is 0. The van der Waals surface area contributed by atoms with E-state index in [0.29, 0.717) is 5.69 Å². The smallest absolute Gasteiger partial charge is 0.0755 e. The molecule has 0 bridgehead atoms. The molecule has 0 aromatic carbocycles. The zero-order chi connectivity index (χ0) is 6.69. The van der Waals surface area contributed by atoms with Crippen LogP contribution in [0.1, 0.15) is 0 Å². The first kappa shape index (κ1) is 5.65. The third-order valence-electron chi connectivity index (χ3n) is 0.851. The third-order valence-corrected chi connectivity index (χ3v) is 0.851. The Morgan fingerprint density at radius 3 is 3.11 bits per heavy atom. The average molecular weight is 123 g/mol. The summed E-state index contributed by atoms with van der Waals surface area (Å²) in [5.41, 5.74) is 8.49. The van der Waals surface area contributed by atoms with Crippen molar-refractivity contribution in [3.63, 3.8) is 0 Å². The van der Waals surface area contributed by atoms with Gasteiger partial charge < -0.3 is 0 Å². The molecule has 0 aliphatic heterocycles. The van der Waals surface area contributed by atoms with Gasteiger partial charge in [0.15, 0.2) is 0 Å². The highest BCUT2D eigenvalue weighted by Crippen LogP contribution is 2.07. The zero-order valence-electron chi connectivity index (χ0n) is 4.89. The summed E-state index contributed by atoms with van der Waals surface area (Å²) < 4.78 is 1.57. The van der Waals surface area contributed by atoms with Gasteiger partial charge in [-0.3, -0.25) is 4.68 Å². The van der Waals surface area contributed by atoms with Gasteiger partial charge in [0.25, 0.3) is 0 Å². The van der Waals surface area contributed by atoms with Gasteiger partial charge in [-0.05, 0) is 5.53 Å². The SMILES string of the molecule is Cn1cc(N=[N+]=[N-])cn1. The van der Waals surface area contributed by atoms with Crippen LogP contribution >= 0.6 is 0 Å². The molecule has 0 saturated heterocycles. The molecule has 0 N–H and O–H groups in total. The quantitative estimate of drug-likeness (QED) is 0.316. The second-order valence-corrected chi connectivity index (χ2v) is 1.56. The van der Waals surface area contributed by atoms with Gasteiger partial charge in [0.1, 0.15) is 0 Å². The molecule has 9 heavy (non-hydrogen) atoms. The standard InChI is InChI=1S/C4H5N5/c1-9-3-4(2-6-9)7-8-5/h2-3H,1H3. The fraction of sp³-hybridized carbons (Fsp3) is 0.250. The van der Waals surface area contributed by atoms with E-state index in [2.05, 4.69) is 15.1 Å². The van der Waals surface area contributed by atoms with Crippen molar-refractivity contribution in [1.82, 2.24) is 9.78 Å². The van der Waals surface area contributed by atoms with Crippen molar-refractivity contribution < 1.29 is 0 Å². The largest absolute Gasteiger partial charge is 0.275 e. The van der Waals surface area contributed by atoms with Crippen LogP contribution in [0.5, 0.6) is 0 Å². The van der Waals surface area contributed by atoms with Crippen LogP contribution in [0, 0.1) is 0 Å². The Balaban J connectivity index is 2.97. The Morgan fingerprint density at radius 1 is 1.89 bits per heavy atom. The van der Waals surface area contributed by atoms with Crippen molar-refractivity contribution >= 4 is 5.69 Å². The van der Waals surface area contributed by atoms with Crippen molar-refractivity contribution in [2.24, 2.45) is 12.2 Å². The van der Waals surface area contributed by atoms with Crippen LogP contribution in [0.25, 0.3) is 10.4 Å². The van der Waals surface area contributed by atoms with Crippen molar-refractivity contribution in [1.29, 1.82) is 0 Å². The van der Waals surface area contributed by atoms with Crippen LogP contribution in [-0.4, -0.2) is 9.78 Å². The minimum absolute atomic E-state index is 0.542. The lowest BCUT2D eigenvalue weighted by atomic mass is 10.6. The highest BCUT2D eigenvalue weighted by atomic mass is 15.3. The fourth-order valence-corrected chi connectivity index (χ4v) is 0.512. The lowest BCUT2D eigenvalue weighted by molar-refractivity contribution is 0.768. The normalized spacial score (nSPS) is 8.56. The number of rotatable bonds is 1. The minimum atomic E-state index is 0.542. The molecular formula is C4H5N5. The van der Waals surface area contributed by atoms with Crippen LogP contribution in [0.2, 0.25) is 0 Å². The van der Waals surface area contributed by atoms with Crippen molar-refractivity contribution in [2.45, 2.75) is 0 Å². The summed E-state index contributed by atoms with van der Waals surface area (Å²) >= 11 is 0. The molecule has 0 amide bonds. The molecule has 1 aromatic heterocycles. The van der Waals surface area contributed by atoms with Crippen molar-refractivity contribution in [2.75, 3.05) is 0 Å². The molecular weight excluding hydrogens is 118 g/mol. The number of hydrogen-bond acceptors (Lipinski definition) is 2. The molecule has 0 atom stereocenters. The third kappa shape index (κ3) is 1.20. The molecule has 46 valence electrons. The number of hydrogen-bond donors (Lipinski definition) is 0. The predicted octanol–water partition coefficient (Wildman–Crippen LogP) is 1.36. The summed E-state index contributed by atoms with van der Waals surface area (Å²) in [6, 6.07) is 0. The second-order valence-electron chi connectivity index (χ2n) is 1.56. The Labute approximate surface area is 51.5 Å². The Kier molecular flexibility index (Phi) is 1.38. The number of azide groups is 1. The maximum absolute atomic E-state index is 7.95. The molecule has 1 rings (SSSR count). The van der Waals surface area contributed by atoms with E-state index < -0.39 is 0 Å². The molecule has 5 nitrogen and oxygen atoms in total. The topological polar surface area (TPSA) is 66.6 Å². The summed E-state index contributed by atoms with van der Waals surface area (Å²) in [6.45, 7) is 0. The summed E-state index contributed by atoms with van der Waals surface area (Å²) in [6.07, 6.45) is 3.14. The first-order valence-corrected chi connectivity index (χ1v) is 2.36. The number of aromatic nitrogens is 2. The zero-order valence-corrected chi connectivity index (χ0v) is 4.89. The van der Waals surface area contributed by atoms with Gasteiger partial charge in [-0.25, -0.2) is 0 Å². The molecule has 1 heterocycles. The molecule has 0 fully saturated rings. The molecule has 0 spiro atoms. The van der Waals surface area contributed by atoms with Gasteiger partial charge in [0, 0.05) is 18.2 Å². The van der Waals surface area contributed by atoms with E-state index >= 15 is 0 Å². The molecule has 5 heteroatoms. The summed E-state index contributed by atoms with van der Waals surface area (Å²) in [4.78, 5) is 2.59. The van der Waals surface area contributed by atoms with Crippen LogP contribution in [-0.2, 0) is 7.05 Å². The van der Waals surface area contributed by atoms with E-state index in [1.165, 1.54) is 6.20 Å². The van der Waals surface area contributed by atoms with Gasteiger partial charge in [-0.2, -0.15) is 5.10 Å². The first-order valence-electron chi connectivity index (χ1n) is 2.36. The average Bonchev–Trinajstić information content (AvgIpc) is 2.17. The second kappa shape index (κ2) is 2.19. The van der Waals surface area contributed by atoms with Crippen LogP contribution < -0.4 is 0 Å². The molecule has 0 aliphatic rings. The first-order chi connectivity index (χ1) is 4.33. The Hall–Kier alpha value is -1.48. The summed E-state index contributed by atoms with van der Waals surface area (Å²) in [7, 11) is 1.76. The maximum Gasteiger partial charge on any atom is 0.0755 e. The maximum atomic E-state index is 7.95. The van der Waals surface area contributed by atoms with Gasteiger partial charge >= 0.3 is 0 Å². The van der Waals surface area contributed by atoms with E-state index in [4.69, 9.17) is 5.53 Å². The van der Waals surface area contributed by atoms with Crippen LogP contribution in [0.4, 0.5) is 5.69 Å². The molecule has 0 radical (unpaired) electrons. The monoisotopic (exact) mass is 123 g/mol. The fourth-order valence-electron chi connectivity index (χ4n) is 0.512. The minimum Gasteiger partial charge on any atom is -0.275 e. The Morgan fingerprint density at radius 2 is 2.67 bits per heavy atom. The molecule has 0 aliphatic carbocycles. The lowest BCUT2D eigenvalue weighted by Crippen LogP contribution is -1.83.